The highest BCUT2D eigenvalue weighted by Crippen LogP contribution is 2.36. The number of hydrogen-bond donors (Lipinski definition) is 0. The minimum absolute atomic E-state index is 0.441. The van der Waals surface area contributed by atoms with Crippen LogP contribution in [-0.4, -0.2) is 23.9 Å². The van der Waals surface area contributed by atoms with Crippen LogP contribution >= 0.6 is 0 Å². The van der Waals surface area contributed by atoms with Gasteiger partial charge in [0.25, 0.3) is 5.69 Å². The van der Waals surface area contributed by atoms with Gasteiger partial charge in [-0.25, -0.2) is 0 Å². The highest BCUT2D eigenvalue weighted by Gasteiger charge is 2.35. The second-order valence-electron chi connectivity index (χ2n) is 3.77. The molecule has 0 saturated carbocycles. The van der Waals surface area contributed by atoms with E-state index in [4.69, 9.17) is 0 Å². The van der Waals surface area contributed by atoms with Crippen molar-refractivity contribution >= 4 is 11.8 Å². The summed E-state index contributed by atoms with van der Waals surface area (Å²) >= 11 is 0. The molecule has 1 aromatic rings. The van der Waals surface area contributed by atoms with Gasteiger partial charge in [-0.2, -0.15) is 13.2 Å². The summed E-state index contributed by atoms with van der Waals surface area (Å²) in [4.78, 5) is 11.4. The van der Waals surface area contributed by atoms with E-state index in [1.807, 2.05) is 0 Å². The van der Waals surface area contributed by atoms with E-state index in [2.05, 4.69) is 0 Å². The summed E-state index contributed by atoms with van der Waals surface area (Å²) in [5, 5.41) is 10.7. The first kappa shape index (κ1) is 14.0. The maximum atomic E-state index is 12.7. The maximum Gasteiger partial charge on any atom is 0.417 e. The zero-order valence-electron chi connectivity index (χ0n) is 9.73. The molecule has 0 aliphatic rings. The van der Waals surface area contributed by atoms with Gasteiger partial charge in [0.15, 0.2) is 0 Å². The minimum atomic E-state index is -4.63. The summed E-state index contributed by atoms with van der Waals surface area (Å²) in [6.45, 7) is 0. The largest absolute Gasteiger partial charge is 0.417 e. The first-order valence-electron chi connectivity index (χ1n) is 4.92. The molecule has 0 radical (unpaired) electrons. The lowest BCUT2D eigenvalue weighted by molar-refractivity contribution is -0.385. The lowest BCUT2D eigenvalue weighted by Gasteiger charge is -2.11. The summed E-state index contributed by atoms with van der Waals surface area (Å²) in [5.74, 6) is 0. The molecule has 0 heterocycles. The van der Waals surface area contributed by atoms with Gasteiger partial charge in [0.05, 0.1) is 16.1 Å². The van der Waals surface area contributed by atoms with Crippen LogP contribution in [0, 0.1) is 10.1 Å². The van der Waals surface area contributed by atoms with Crippen molar-refractivity contribution in [1.29, 1.82) is 0 Å². The monoisotopic (exact) mass is 260 g/mol. The van der Waals surface area contributed by atoms with E-state index < -0.39 is 27.9 Å². The Hall–Kier alpha value is -2.05. The second kappa shape index (κ2) is 5.07. The number of nitro groups is 1. The highest BCUT2D eigenvalue weighted by molar-refractivity contribution is 5.65. The molecule has 18 heavy (non-hydrogen) atoms. The molecular formula is C11H11F3N2O2. The third-order valence-electron chi connectivity index (χ3n) is 2.12. The average Bonchev–Trinajstić information content (AvgIpc) is 2.24. The maximum absolute atomic E-state index is 12.7. The van der Waals surface area contributed by atoms with Crippen molar-refractivity contribution in [3.63, 3.8) is 0 Å². The van der Waals surface area contributed by atoms with Crippen molar-refractivity contribution in [1.82, 2.24) is 4.90 Å². The van der Waals surface area contributed by atoms with E-state index in [9.17, 15) is 23.3 Å². The van der Waals surface area contributed by atoms with Crippen molar-refractivity contribution in [2.24, 2.45) is 0 Å². The predicted molar refractivity (Wildman–Crippen MR) is 60.8 cm³/mol. The standard InChI is InChI=1S/C11H11F3N2O2/c1-15(2)7-6-8-9(11(12,13)14)4-3-5-10(8)16(17)18/h3-7H,1-2H3. The lowest BCUT2D eigenvalue weighted by atomic mass is 10.0. The van der Waals surface area contributed by atoms with Crippen LogP contribution in [0.4, 0.5) is 18.9 Å². The Bertz CT molecular complexity index is 482. The lowest BCUT2D eigenvalue weighted by Crippen LogP contribution is -2.09. The Labute approximate surface area is 101 Å². The van der Waals surface area contributed by atoms with Gasteiger partial charge in [-0.3, -0.25) is 10.1 Å². The van der Waals surface area contributed by atoms with Gasteiger partial charge in [0.2, 0.25) is 0 Å². The van der Waals surface area contributed by atoms with Gasteiger partial charge in [-0.15, -0.1) is 0 Å². The quantitative estimate of drug-likeness (QED) is 0.619. The van der Waals surface area contributed by atoms with Gasteiger partial charge in [-0.05, 0) is 18.3 Å². The van der Waals surface area contributed by atoms with Crippen molar-refractivity contribution in [2.45, 2.75) is 6.18 Å². The van der Waals surface area contributed by atoms with Crippen molar-refractivity contribution in [3.05, 3.63) is 45.6 Å². The van der Waals surface area contributed by atoms with Crippen LogP contribution < -0.4 is 0 Å². The smallest absolute Gasteiger partial charge is 0.383 e. The Morgan fingerprint density at radius 2 is 1.94 bits per heavy atom. The summed E-state index contributed by atoms with van der Waals surface area (Å²) in [6.07, 6.45) is -2.21. The molecule has 0 N–H and O–H groups in total. The average molecular weight is 260 g/mol. The molecule has 98 valence electrons. The van der Waals surface area contributed by atoms with Crippen molar-refractivity contribution in [2.75, 3.05) is 14.1 Å². The summed E-state index contributed by atoms with van der Waals surface area (Å²) in [6, 6.07) is 2.89. The fourth-order valence-electron chi connectivity index (χ4n) is 1.36. The molecule has 7 heteroatoms. The van der Waals surface area contributed by atoms with E-state index >= 15 is 0 Å². The summed E-state index contributed by atoms with van der Waals surface area (Å²) in [7, 11) is 3.22. The minimum Gasteiger partial charge on any atom is -0.383 e. The summed E-state index contributed by atoms with van der Waals surface area (Å²) < 4.78 is 38.2. The van der Waals surface area contributed by atoms with Crippen molar-refractivity contribution < 1.29 is 18.1 Å². The molecule has 0 amide bonds. The fraction of sp³-hybridized carbons (Fsp3) is 0.273. The molecule has 1 aromatic carbocycles. The molecule has 0 atom stereocenters. The number of nitro benzene ring substituents is 1. The van der Waals surface area contributed by atoms with Gasteiger partial charge in [0.1, 0.15) is 0 Å². The van der Waals surface area contributed by atoms with Gasteiger partial charge < -0.3 is 4.90 Å². The number of benzene rings is 1. The van der Waals surface area contributed by atoms with Crippen LogP contribution in [-0.2, 0) is 6.18 Å². The number of hydrogen-bond acceptors (Lipinski definition) is 3. The van der Waals surface area contributed by atoms with E-state index in [0.717, 1.165) is 24.3 Å². The number of alkyl halides is 3. The van der Waals surface area contributed by atoms with Crippen LogP contribution in [0.2, 0.25) is 0 Å². The van der Waals surface area contributed by atoms with Gasteiger partial charge >= 0.3 is 6.18 Å². The molecule has 0 aliphatic heterocycles. The molecule has 0 bridgehead atoms. The summed E-state index contributed by atoms with van der Waals surface area (Å²) in [5.41, 5.74) is -2.03. The van der Waals surface area contributed by atoms with E-state index in [1.165, 1.54) is 11.1 Å². The zero-order chi connectivity index (χ0) is 13.9. The van der Waals surface area contributed by atoms with Gasteiger partial charge in [0, 0.05) is 20.2 Å². The Morgan fingerprint density at radius 3 is 2.39 bits per heavy atom. The molecule has 0 aliphatic carbocycles. The molecule has 0 aromatic heterocycles. The second-order valence-corrected chi connectivity index (χ2v) is 3.77. The topological polar surface area (TPSA) is 46.4 Å². The van der Waals surface area contributed by atoms with Crippen LogP contribution in [0.3, 0.4) is 0 Å². The van der Waals surface area contributed by atoms with E-state index in [1.54, 1.807) is 14.1 Å². The van der Waals surface area contributed by atoms with E-state index in [0.29, 0.717) is 0 Å². The van der Waals surface area contributed by atoms with Crippen LogP contribution in [0.1, 0.15) is 11.1 Å². The fourth-order valence-corrected chi connectivity index (χ4v) is 1.36. The molecule has 0 fully saturated rings. The number of halogens is 3. The Morgan fingerprint density at radius 1 is 1.33 bits per heavy atom. The van der Waals surface area contributed by atoms with E-state index in [-0.39, 0.29) is 0 Å². The first-order valence-corrected chi connectivity index (χ1v) is 4.92. The third-order valence-corrected chi connectivity index (χ3v) is 2.12. The molecular weight excluding hydrogens is 249 g/mol. The molecule has 1 rings (SSSR count). The highest BCUT2D eigenvalue weighted by atomic mass is 19.4. The third kappa shape index (κ3) is 3.22. The normalized spacial score (nSPS) is 11.8. The van der Waals surface area contributed by atoms with Crippen LogP contribution in [0.25, 0.3) is 6.08 Å². The molecule has 0 spiro atoms. The Balaban J connectivity index is 3.44. The van der Waals surface area contributed by atoms with Crippen LogP contribution in [0.5, 0.6) is 0 Å². The first-order chi connectivity index (χ1) is 8.23. The molecule has 4 nitrogen and oxygen atoms in total. The van der Waals surface area contributed by atoms with Gasteiger partial charge in [-0.1, -0.05) is 6.07 Å². The zero-order valence-corrected chi connectivity index (χ0v) is 9.73. The molecule has 0 unspecified atom stereocenters. The predicted octanol–water partition coefficient (Wildman–Crippen LogP) is 3.15. The Kier molecular flexibility index (Phi) is 3.95. The number of rotatable bonds is 3. The SMILES string of the molecule is CN(C)C=Cc1c([N+](=O)[O-])cccc1C(F)(F)F. The molecule has 0 saturated heterocycles. The van der Waals surface area contributed by atoms with Crippen molar-refractivity contribution in [3.8, 4) is 0 Å². The number of nitrogens with zero attached hydrogens (tertiary/aromatic N) is 2. The van der Waals surface area contributed by atoms with Crippen LogP contribution in [0.15, 0.2) is 24.4 Å².